The normalized spacial score (nSPS) is 17.3. The van der Waals surface area contributed by atoms with Gasteiger partial charge in [-0.15, -0.1) is 0 Å². The number of nitrogens with one attached hydrogen (secondary N) is 1. The van der Waals surface area contributed by atoms with Crippen molar-refractivity contribution in [3.8, 4) is 11.3 Å². The number of hydrogen-bond acceptors (Lipinski definition) is 4. The minimum absolute atomic E-state index is 0.0833. The number of benzene rings is 1. The molecule has 0 aliphatic carbocycles. The van der Waals surface area contributed by atoms with Gasteiger partial charge in [0.1, 0.15) is 11.8 Å². The predicted molar refractivity (Wildman–Crippen MR) is 97.9 cm³/mol. The molecule has 1 aromatic carbocycles. The van der Waals surface area contributed by atoms with Crippen molar-refractivity contribution in [3.05, 3.63) is 71.1 Å². The van der Waals surface area contributed by atoms with Crippen molar-refractivity contribution in [2.45, 2.75) is 6.10 Å². The Morgan fingerprint density at radius 3 is 2.73 bits per heavy atom. The molecule has 1 fully saturated rings. The molecule has 1 aliphatic rings. The van der Waals surface area contributed by atoms with E-state index in [0.29, 0.717) is 30.4 Å². The van der Waals surface area contributed by atoms with Crippen LogP contribution in [0.25, 0.3) is 11.3 Å². The van der Waals surface area contributed by atoms with E-state index < -0.39 is 0 Å². The van der Waals surface area contributed by atoms with Crippen molar-refractivity contribution in [3.63, 3.8) is 0 Å². The number of nitrogens with zero attached hydrogens (tertiary/aromatic N) is 3. The van der Waals surface area contributed by atoms with Gasteiger partial charge in [0, 0.05) is 29.5 Å². The first-order valence-corrected chi connectivity index (χ1v) is 8.70. The van der Waals surface area contributed by atoms with Crippen molar-refractivity contribution in [2.24, 2.45) is 0 Å². The molecule has 1 N–H and O–H groups in total. The summed E-state index contributed by atoms with van der Waals surface area (Å²) in [6.45, 7) is 1.53. The number of hydrogen-bond donors (Lipinski definition) is 1. The highest BCUT2D eigenvalue weighted by atomic mass is 35.5. The van der Waals surface area contributed by atoms with Gasteiger partial charge in [-0.2, -0.15) is 5.10 Å². The summed E-state index contributed by atoms with van der Waals surface area (Å²) in [7, 11) is 0. The van der Waals surface area contributed by atoms with Crippen LogP contribution < -0.4 is 0 Å². The molecule has 3 heterocycles. The summed E-state index contributed by atoms with van der Waals surface area (Å²) in [5, 5.41) is 7.77. The third-order valence-electron chi connectivity index (χ3n) is 4.38. The lowest BCUT2D eigenvalue weighted by molar-refractivity contribution is -0.0230. The SMILES string of the molecule is O=C(c1cc(-c2ccncc2)n[nH]1)N1CCO[C@H](c2ccc(Cl)cc2)C1. The highest BCUT2D eigenvalue weighted by Gasteiger charge is 2.27. The second-order valence-electron chi connectivity index (χ2n) is 6.06. The third-order valence-corrected chi connectivity index (χ3v) is 4.63. The molecule has 6 nitrogen and oxygen atoms in total. The molecule has 132 valence electrons. The lowest BCUT2D eigenvalue weighted by Crippen LogP contribution is -2.42. The van der Waals surface area contributed by atoms with Crippen LogP contribution in [0.1, 0.15) is 22.2 Å². The van der Waals surface area contributed by atoms with Crippen molar-refractivity contribution in [1.82, 2.24) is 20.1 Å². The molecule has 0 unspecified atom stereocenters. The maximum Gasteiger partial charge on any atom is 0.272 e. The van der Waals surface area contributed by atoms with Crippen LogP contribution in [0.15, 0.2) is 54.9 Å². The summed E-state index contributed by atoms with van der Waals surface area (Å²) < 4.78 is 5.82. The molecule has 0 spiro atoms. The van der Waals surface area contributed by atoms with Gasteiger partial charge in [-0.25, -0.2) is 0 Å². The van der Waals surface area contributed by atoms with E-state index in [1.807, 2.05) is 36.4 Å². The second-order valence-corrected chi connectivity index (χ2v) is 6.50. The molecule has 7 heteroatoms. The van der Waals surface area contributed by atoms with Crippen molar-refractivity contribution in [2.75, 3.05) is 19.7 Å². The standard InChI is InChI=1S/C19H17ClN4O2/c20-15-3-1-14(2-4-15)18-12-24(9-10-26-18)19(25)17-11-16(22-23-17)13-5-7-21-8-6-13/h1-8,11,18H,9-10,12H2,(H,22,23)/t18-/m0/s1. The van der Waals surface area contributed by atoms with Gasteiger partial charge in [0.05, 0.1) is 18.8 Å². The molecule has 4 rings (SSSR count). The van der Waals surface area contributed by atoms with Crippen molar-refractivity contribution < 1.29 is 9.53 Å². The number of H-pyrrole nitrogens is 1. The van der Waals surface area contributed by atoms with E-state index >= 15 is 0 Å². The second kappa shape index (κ2) is 7.27. The summed E-state index contributed by atoms with van der Waals surface area (Å²) in [6, 6.07) is 13.0. The molecule has 1 amide bonds. The van der Waals surface area contributed by atoms with Crippen LogP contribution in [-0.2, 0) is 4.74 Å². The van der Waals surface area contributed by atoms with Gasteiger partial charge in [-0.1, -0.05) is 23.7 Å². The Morgan fingerprint density at radius 2 is 1.96 bits per heavy atom. The van der Waals surface area contributed by atoms with Crippen LogP contribution in [0.3, 0.4) is 0 Å². The van der Waals surface area contributed by atoms with Crippen molar-refractivity contribution >= 4 is 17.5 Å². The molecule has 0 radical (unpaired) electrons. The average Bonchev–Trinajstić information content (AvgIpc) is 3.19. The third kappa shape index (κ3) is 3.47. The van der Waals surface area contributed by atoms with Gasteiger partial charge in [-0.3, -0.25) is 14.9 Å². The molecular formula is C19H17ClN4O2. The highest BCUT2D eigenvalue weighted by Crippen LogP contribution is 2.25. The number of carbonyl (C=O) groups is 1. The Balaban J connectivity index is 1.49. The van der Waals surface area contributed by atoms with Crippen LogP contribution in [0.2, 0.25) is 5.02 Å². The van der Waals surface area contributed by atoms with Gasteiger partial charge in [0.25, 0.3) is 5.91 Å². The van der Waals surface area contributed by atoms with Gasteiger partial charge in [0.15, 0.2) is 0 Å². The van der Waals surface area contributed by atoms with Gasteiger partial charge in [-0.05, 0) is 35.9 Å². The number of morpholine rings is 1. The highest BCUT2D eigenvalue weighted by molar-refractivity contribution is 6.30. The Hall–Kier alpha value is -2.70. The fourth-order valence-electron chi connectivity index (χ4n) is 2.99. The molecule has 26 heavy (non-hydrogen) atoms. The van der Waals surface area contributed by atoms with E-state index in [2.05, 4.69) is 15.2 Å². The molecule has 3 aromatic rings. The largest absolute Gasteiger partial charge is 0.370 e. The number of rotatable bonds is 3. The van der Waals surface area contributed by atoms with E-state index in [-0.39, 0.29) is 12.0 Å². The van der Waals surface area contributed by atoms with Crippen LogP contribution in [0.4, 0.5) is 0 Å². The van der Waals surface area contributed by atoms with Gasteiger partial charge < -0.3 is 9.64 Å². The molecule has 1 aliphatic heterocycles. The first-order valence-electron chi connectivity index (χ1n) is 8.33. The molecule has 0 bridgehead atoms. The minimum atomic E-state index is -0.160. The number of halogens is 1. The van der Waals surface area contributed by atoms with Crippen LogP contribution in [-0.4, -0.2) is 45.7 Å². The lowest BCUT2D eigenvalue weighted by Gasteiger charge is -2.33. The summed E-state index contributed by atoms with van der Waals surface area (Å²) in [4.78, 5) is 18.6. The smallest absolute Gasteiger partial charge is 0.272 e. The molecule has 2 aromatic heterocycles. The predicted octanol–water partition coefficient (Wildman–Crippen LogP) is 3.34. The number of aromatic amines is 1. The monoisotopic (exact) mass is 368 g/mol. The zero-order chi connectivity index (χ0) is 17.9. The zero-order valence-electron chi connectivity index (χ0n) is 13.9. The number of amides is 1. The fraction of sp³-hybridized carbons (Fsp3) is 0.211. The van der Waals surface area contributed by atoms with E-state index in [4.69, 9.17) is 16.3 Å². The maximum absolute atomic E-state index is 12.8. The van der Waals surface area contributed by atoms with E-state index in [0.717, 1.165) is 16.8 Å². The topological polar surface area (TPSA) is 71.1 Å². The first kappa shape index (κ1) is 16.8. The average molecular weight is 369 g/mol. The molecular weight excluding hydrogens is 352 g/mol. The summed E-state index contributed by atoms with van der Waals surface area (Å²) >= 11 is 5.94. The van der Waals surface area contributed by atoms with Crippen molar-refractivity contribution in [1.29, 1.82) is 0 Å². The fourth-order valence-corrected chi connectivity index (χ4v) is 3.11. The number of ether oxygens (including phenoxy) is 1. The van der Waals surface area contributed by atoms with Gasteiger partial charge in [0.2, 0.25) is 0 Å². The van der Waals surface area contributed by atoms with E-state index in [1.165, 1.54) is 0 Å². The summed E-state index contributed by atoms with van der Waals surface area (Å²) in [6.07, 6.45) is 3.24. The Labute approximate surface area is 155 Å². The molecule has 1 atom stereocenters. The van der Waals surface area contributed by atoms with Crippen LogP contribution in [0, 0.1) is 0 Å². The van der Waals surface area contributed by atoms with Crippen LogP contribution >= 0.6 is 11.6 Å². The van der Waals surface area contributed by atoms with E-state index in [9.17, 15) is 4.79 Å². The molecule has 1 saturated heterocycles. The molecule has 0 saturated carbocycles. The number of aromatic nitrogens is 3. The van der Waals surface area contributed by atoms with Crippen LogP contribution in [0.5, 0.6) is 0 Å². The number of carbonyl (C=O) groups excluding carboxylic acids is 1. The first-order chi connectivity index (χ1) is 12.7. The Morgan fingerprint density at radius 1 is 1.19 bits per heavy atom. The number of pyridine rings is 1. The Kier molecular flexibility index (Phi) is 4.69. The summed E-state index contributed by atoms with van der Waals surface area (Å²) in [5.41, 5.74) is 3.11. The maximum atomic E-state index is 12.8. The van der Waals surface area contributed by atoms with Gasteiger partial charge >= 0.3 is 0 Å². The quantitative estimate of drug-likeness (QED) is 0.769. The summed E-state index contributed by atoms with van der Waals surface area (Å²) in [5.74, 6) is -0.0833. The minimum Gasteiger partial charge on any atom is -0.370 e. The van der Waals surface area contributed by atoms with E-state index in [1.54, 1.807) is 23.4 Å². The Bertz CT molecular complexity index is 895. The lowest BCUT2D eigenvalue weighted by atomic mass is 10.1. The zero-order valence-corrected chi connectivity index (χ0v) is 14.7.